The second-order valence-corrected chi connectivity index (χ2v) is 4.33. The van der Waals surface area contributed by atoms with Crippen LogP contribution in [0, 0.1) is 0 Å². The smallest absolute Gasteiger partial charge is 0.329 e. The van der Waals surface area contributed by atoms with E-state index in [1.54, 1.807) is 13.8 Å². The van der Waals surface area contributed by atoms with Gasteiger partial charge in [0, 0.05) is 0 Å². The van der Waals surface area contributed by atoms with Crippen molar-refractivity contribution in [1.82, 2.24) is 19.5 Å². The summed E-state index contributed by atoms with van der Waals surface area (Å²) < 4.78 is 11.2. The van der Waals surface area contributed by atoms with Gasteiger partial charge in [-0.3, -0.25) is 14.2 Å². The summed E-state index contributed by atoms with van der Waals surface area (Å²) in [6.45, 7) is 3.70. The molecule has 22 heavy (non-hydrogen) atoms. The quantitative estimate of drug-likeness (QED) is 0.756. The SMILES string of the molecule is CCOC(=O)C[C@H](C(=O)OCC)n1cnc2c(=O)[nH]cnc21. The molecule has 0 fully saturated rings. The van der Waals surface area contributed by atoms with E-state index in [4.69, 9.17) is 9.47 Å². The molecule has 2 heterocycles. The first-order valence-corrected chi connectivity index (χ1v) is 6.80. The number of ether oxygens (including phenoxy) is 2. The van der Waals surface area contributed by atoms with Crippen molar-refractivity contribution < 1.29 is 19.1 Å². The second-order valence-electron chi connectivity index (χ2n) is 4.33. The molecule has 2 rings (SSSR count). The zero-order chi connectivity index (χ0) is 16.1. The van der Waals surface area contributed by atoms with Gasteiger partial charge in [0.25, 0.3) is 5.56 Å². The van der Waals surface area contributed by atoms with Crippen LogP contribution in [0.5, 0.6) is 0 Å². The lowest BCUT2D eigenvalue weighted by molar-refractivity contribution is -0.153. The number of H-pyrrole nitrogens is 1. The van der Waals surface area contributed by atoms with Gasteiger partial charge in [-0.05, 0) is 13.8 Å². The van der Waals surface area contributed by atoms with Crippen LogP contribution in [-0.2, 0) is 19.1 Å². The zero-order valence-electron chi connectivity index (χ0n) is 12.2. The highest BCUT2D eigenvalue weighted by atomic mass is 16.5. The molecular formula is C13H16N4O5. The molecule has 0 unspecified atom stereocenters. The van der Waals surface area contributed by atoms with Crippen molar-refractivity contribution in [3.8, 4) is 0 Å². The Morgan fingerprint density at radius 3 is 2.68 bits per heavy atom. The van der Waals surface area contributed by atoms with Crippen LogP contribution in [0.3, 0.4) is 0 Å². The Morgan fingerprint density at radius 2 is 2.00 bits per heavy atom. The van der Waals surface area contributed by atoms with E-state index in [-0.39, 0.29) is 30.8 Å². The molecule has 0 aliphatic heterocycles. The number of carbonyl (C=O) groups is 2. The summed E-state index contributed by atoms with van der Waals surface area (Å²) in [5.74, 6) is -1.16. The molecule has 0 bridgehead atoms. The molecule has 1 atom stereocenters. The third-order valence-electron chi connectivity index (χ3n) is 2.92. The number of nitrogens with one attached hydrogen (secondary N) is 1. The monoisotopic (exact) mass is 308 g/mol. The van der Waals surface area contributed by atoms with Gasteiger partial charge in [0.05, 0.1) is 32.3 Å². The number of aromatic amines is 1. The molecule has 0 aliphatic carbocycles. The van der Waals surface area contributed by atoms with E-state index in [2.05, 4.69) is 15.0 Å². The Bertz CT molecular complexity index is 735. The Hall–Kier alpha value is -2.71. The van der Waals surface area contributed by atoms with Gasteiger partial charge in [-0.2, -0.15) is 0 Å². The molecular weight excluding hydrogens is 292 g/mol. The third-order valence-corrected chi connectivity index (χ3v) is 2.92. The number of esters is 2. The summed E-state index contributed by atoms with van der Waals surface area (Å²) >= 11 is 0. The van der Waals surface area contributed by atoms with Crippen LogP contribution >= 0.6 is 0 Å². The highest BCUT2D eigenvalue weighted by Gasteiger charge is 2.28. The Morgan fingerprint density at radius 1 is 1.27 bits per heavy atom. The minimum atomic E-state index is -0.988. The van der Waals surface area contributed by atoms with Gasteiger partial charge in [-0.15, -0.1) is 0 Å². The standard InChI is InChI=1S/C13H16N4O5/c1-3-21-9(18)5-8(13(20)22-4-2)17-7-16-10-11(17)14-6-15-12(10)19/h6-8H,3-5H2,1-2H3,(H,14,15,19)/t8-/m1/s1. The number of aromatic nitrogens is 4. The van der Waals surface area contributed by atoms with Crippen LogP contribution in [0.15, 0.2) is 17.4 Å². The maximum absolute atomic E-state index is 12.1. The van der Waals surface area contributed by atoms with Gasteiger partial charge in [-0.25, -0.2) is 14.8 Å². The number of rotatable bonds is 6. The first kappa shape index (κ1) is 15.7. The molecule has 0 spiro atoms. The average molecular weight is 308 g/mol. The summed E-state index contributed by atoms with van der Waals surface area (Å²) in [6.07, 6.45) is 2.26. The van der Waals surface area contributed by atoms with Crippen LogP contribution in [-0.4, -0.2) is 44.7 Å². The fourth-order valence-corrected chi connectivity index (χ4v) is 2.00. The number of hydrogen-bond donors (Lipinski definition) is 1. The second kappa shape index (κ2) is 6.83. The maximum atomic E-state index is 12.1. The molecule has 0 saturated carbocycles. The molecule has 2 aromatic heterocycles. The molecule has 0 saturated heterocycles. The molecule has 9 nitrogen and oxygen atoms in total. The molecule has 0 aromatic carbocycles. The zero-order valence-corrected chi connectivity index (χ0v) is 12.2. The predicted octanol–water partition coefficient (Wildman–Crippen LogP) is 0.177. The van der Waals surface area contributed by atoms with Gasteiger partial charge >= 0.3 is 11.9 Å². The van der Waals surface area contributed by atoms with Gasteiger partial charge in [-0.1, -0.05) is 0 Å². The largest absolute Gasteiger partial charge is 0.466 e. The van der Waals surface area contributed by atoms with Crippen LogP contribution in [0.2, 0.25) is 0 Å². The van der Waals surface area contributed by atoms with Crippen molar-refractivity contribution in [2.45, 2.75) is 26.3 Å². The van der Waals surface area contributed by atoms with E-state index in [1.807, 2.05) is 0 Å². The van der Waals surface area contributed by atoms with Gasteiger partial charge in [0.2, 0.25) is 0 Å². The van der Waals surface area contributed by atoms with Crippen molar-refractivity contribution in [3.63, 3.8) is 0 Å². The summed E-state index contributed by atoms with van der Waals surface area (Å²) in [6, 6.07) is -0.988. The van der Waals surface area contributed by atoms with Crippen molar-refractivity contribution in [1.29, 1.82) is 0 Å². The number of fused-ring (bicyclic) bond motifs is 1. The summed E-state index contributed by atoms with van der Waals surface area (Å²) in [7, 11) is 0. The van der Waals surface area contributed by atoms with Crippen molar-refractivity contribution in [2.24, 2.45) is 0 Å². The van der Waals surface area contributed by atoms with Gasteiger partial charge < -0.3 is 14.5 Å². The van der Waals surface area contributed by atoms with Crippen LogP contribution < -0.4 is 5.56 Å². The Balaban J connectivity index is 2.42. The highest BCUT2D eigenvalue weighted by molar-refractivity contribution is 5.83. The lowest BCUT2D eigenvalue weighted by Crippen LogP contribution is -2.25. The van der Waals surface area contributed by atoms with Crippen molar-refractivity contribution in [3.05, 3.63) is 23.0 Å². The van der Waals surface area contributed by atoms with E-state index < -0.39 is 23.5 Å². The lowest BCUT2D eigenvalue weighted by atomic mass is 10.2. The first-order chi connectivity index (χ1) is 10.6. The number of nitrogens with zero attached hydrogens (tertiary/aromatic N) is 3. The average Bonchev–Trinajstić information content (AvgIpc) is 2.90. The Kier molecular flexibility index (Phi) is 4.87. The molecule has 0 amide bonds. The fraction of sp³-hybridized carbons (Fsp3) is 0.462. The number of hydrogen-bond acceptors (Lipinski definition) is 7. The number of carbonyl (C=O) groups excluding carboxylic acids is 2. The third kappa shape index (κ3) is 3.13. The van der Waals surface area contributed by atoms with E-state index in [1.165, 1.54) is 17.2 Å². The van der Waals surface area contributed by atoms with Crippen molar-refractivity contribution in [2.75, 3.05) is 13.2 Å². The van der Waals surface area contributed by atoms with Gasteiger partial charge in [0.15, 0.2) is 11.2 Å². The lowest BCUT2D eigenvalue weighted by Gasteiger charge is -2.16. The number of imidazole rings is 1. The molecule has 2 aromatic rings. The summed E-state index contributed by atoms with van der Waals surface area (Å²) in [4.78, 5) is 45.8. The maximum Gasteiger partial charge on any atom is 0.329 e. The predicted molar refractivity (Wildman–Crippen MR) is 75.1 cm³/mol. The fourth-order valence-electron chi connectivity index (χ4n) is 2.00. The van der Waals surface area contributed by atoms with Crippen LogP contribution in [0.4, 0.5) is 0 Å². The van der Waals surface area contributed by atoms with E-state index in [0.29, 0.717) is 0 Å². The van der Waals surface area contributed by atoms with Crippen molar-refractivity contribution >= 4 is 23.1 Å². The van der Waals surface area contributed by atoms with E-state index >= 15 is 0 Å². The molecule has 118 valence electrons. The molecule has 0 aliphatic rings. The highest BCUT2D eigenvalue weighted by Crippen LogP contribution is 2.19. The topological polar surface area (TPSA) is 116 Å². The van der Waals surface area contributed by atoms with E-state index in [0.717, 1.165) is 0 Å². The normalized spacial score (nSPS) is 12.1. The minimum Gasteiger partial charge on any atom is -0.466 e. The molecule has 9 heteroatoms. The summed E-state index contributed by atoms with van der Waals surface area (Å²) in [5.41, 5.74) is -0.144. The van der Waals surface area contributed by atoms with E-state index in [9.17, 15) is 14.4 Å². The van der Waals surface area contributed by atoms with Crippen LogP contribution in [0.1, 0.15) is 26.3 Å². The molecule has 0 radical (unpaired) electrons. The first-order valence-electron chi connectivity index (χ1n) is 6.80. The van der Waals surface area contributed by atoms with Gasteiger partial charge in [0.1, 0.15) is 6.04 Å². The Labute approximate surface area is 125 Å². The molecule has 1 N–H and O–H groups in total. The minimum absolute atomic E-state index is 0.0839. The summed E-state index contributed by atoms with van der Waals surface area (Å²) in [5, 5.41) is 0. The van der Waals surface area contributed by atoms with Crippen LogP contribution in [0.25, 0.3) is 11.2 Å².